The third kappa shape index (κ3) is 3.70. The molecular formula is C9H8N4O4. The molecule has 0 saturated heterocycles. The number of hydrogen-bond acceptors (Lipinski definition) is 5. The van der Waals surface area contributed by atoms with E-state index in [1.54, 1.807) is 0 Å². The molecule has 0 unspecified atom stereocenters. The van der Waals surface area contributed by atoms with Crippen molar-refractivity contribution in [3.8, 4) is 0 Å². The van der Waals surface area contributed by atoms with Gasteiger partial charge in [-0.05, 0) is 17.7 Å². The van der Waals surface area contributed by atoms with Crippen LogP contribution in [0.5, 0.6) is 0 Å². The maximum Gasteiger partial charge on any atom is 0.329 e. The minimum Gasteiger partial charge on any atom is -0.361 e. The number of benzene rings is 1. The lowest BCUT2D eigenvalue weighted by Gasteiger charge is -1.94. The number of carbonyl (C=O) groups excluding carboxylic acids is 2. The molecule has 8 heteroatoms. The first-order valence-electron chi connectivity index (χ1n) is 4.38. The fraction of sp³-hybridized carbons (Fsp3) is 0. The van der Waals surface area contributed by atoms with E-state index in [1.165, 1.54) is 30.5 Å². The average Bonchev–Trinajstić information content (AvgIpc) is 2.29. The molecule has 0 saturated carbocycles. The Morgan fingerprint density at radius 1 is 1.35 bits per heavy atom. The predicted octanol–water partition coefficient (Wildman–Crippen LogP) is -0.470. The summed E-state index contributed by atoms with van der Waals surface area (Å²) in [5.41, 5.74) is 7.03. The van der Waals surface area contributed by atoms with Gasteiger partial charge in [0.1, 0.15) is 0 Å². The van der Waals surface area contributed by atoms with Gasteiger partial charge in [0, 0.05) is 12.1 Å². The number of nitrogens with one attached hydrogen (secondary N) is 1. The minimum atomic E-state index is -1.15. The van der Waals surface area contributed by atoms with E-state index in [-0.39, 0.29) is 5.69 Å². The summed E-state index contributed by atoms with van der Waals surface area (Å²) in [5, 5.41) is 13.8. The highest BCUT2D eigenvalue weighted by Crippen LogP contribution is 2.10. The lowest BCUT2D eigenvalue weighted by molar-refractivity contribution is -0.384. The van der Waals surface area contributed by atoms with Crippen LogP contribution in [0.4, 0.5) is 5.69 Å². The Morgan fingerprint density at radius 2 is 1.94 bits per heavy atom. The number of nitro benzene ring substituents is 1. The number of primary amides is 1. The van der Waals surface area contributed by atoms with Gasteiger partial charge in [-0.2, -0.15) is 5.10 Å². The Labute approximate surface area is 95.3 Å². The van der Waals surface area contributed by atoms with Crippen molar-refractivity contribution in [2.75, 3.05) is 0 Å². The van der Waals surface area contributed by atoms with Gasteiger partial charge in [-0.15, -0.1) is 0 Å². The summed E-state index contributed by atoms with van der Waals surface area (Å²) in [4.78, 5) is 30.8. The quantitative estimate of drug-likeness (QED) is 0.318. The molecule has 0 heterocycles. The Hall–Kier alpha value is -2.77. The van der Waals surface area contributed by atoms with Crippen molar-refractivity contribution >= 4 is 23.7 Å². The van der Waals surface area contributed by atoms with Crippen LogP contribution in [0.2, 0.25) is 0 Å². The first-order chi connectivity index (χ1) is 8.00. The molecule has 1 rings (SSSR count). The van der Waals surface area contributed by atoms with E-state index in [0.29, 0.717) is 5.56 Å². The van der Waals surface area contributed by atoms with Gasteiger partial charge < -0.3 is 5.73 Å². The number of carbonyl (C=O) groups is 2. The van der Waals surface area contributed by atoms with Gasteiger partial charge in [0.05, 0.1) is 11.1 Å². The molecule has 8 nitrogen and oxygen atoms in total. The highest BCUT2D eigenvalue weighted by atomic mass is 16.6. The summed E-state index contributed by atoms with van der Waals surface area (Å²) >= 11 is 0. The van der Waals surface area contributed by atoms with Crippen LogP contribution in [0.15, 0.2) is 29.4 Å². The van der Waals surface area contributed by atoms with Gasteiger partial charge in [-0.1, -0.05) is 0 Å². The van der Waals surface area contributed by atoms with E-state index >= 15 is 0 Å². The molecular weight excluding hydrogens is 228 g/mol. The molecule has 0 aliphatic heterocycles. The van der Waals surface area contributed by atoms with Crippen LogP contribution in [-0.2, 0) is 9.59 Å². The average molecular weight is 236 g/mol. The first-order valence-corrected chi connectivity index (χ1v) is 4.38. The molecule has 0 aliphatic rings. The van der Waals surface area contributed by atoms with E-state index in [4.69, 9.17) is 0 Å². The van der Waals surface area contributed by atoms with Crippen molar-refractivity contribution in [3.05, 3.63) is 39.9 Å². The normalized spacial score (nSPS) is 10.1. The molecule has 0 spiro atoms. The van der Waals surface area contributed by atoms with E-state index < -0.39 is 16.7 Å². The molecule has 3 N–H and O–H groups in total. The fourth-order valence-corrected chi connectivity index (χ4v) is 0.903. The molecule has 88 valence electrons. The zero-order valence-corrected chi connectivity index (χ0v) is 8.49. The number of rotatable bonds is 3. The number of hydrazone groups is 1. The summed E-state index contributed by atoms with van der Waals surface area (Å²) in [6, 6.07) is 5.46. The van der Waals surface area contributed by atoms with Crippen molar-refractivity contribution in [1.29, 1.82) is 0 Å². The highest BCUT2D eigenvalue weighted by molar-refractivity contribution is 6.34. The standard InChI is InChI=1S/C9H8N4O4/c10-8(14)9(15)12-11-5-6-1-3-7(4-2-6)13(16)17/h1-5H,(H2,10,14)(H,12,15)/b11-5-. The second kappa shape index (κ2) is 5.35. The molecule has 1 aromatic carbocycles. The second-order valence-electron chi connectivity index (χ2n) is 2.91. The Balaban J connectivity index is 2.63. The van der Waals surface area contributed by atoms with Gasteiger partial charge >= 0.3 is 11.8 Å². The highest BCUT2D eigenvalue weighted by Gasteiger charge is 2.05. The number of nitrogens with zero attached hydrogens (tertiary/aromatic N) is 2. The van der Waals surface area contributed by atoms with Crippen LogP contribution >= 0.6 is 0 Å². The molecule has 0 radical (unpaired) electrons. The third-order valence-corrected chi connectivity index (χ3v) is 1.71. The molecule has 0 aromatic heterocycles. The summed E-state index contributed by atoms with van der Waals surface area (Å²) in [6.07, 6.45) is 1.23. The minimum absolute atomic E-state index is 0.0525. The second-order valence-corrected chi connectivity index (χ2v) is 2.91. The lowest BCUT2D eigenvalue weighted by Crippen LogP contribution is -2.32. The first kappa shape index (κ1) is 12.3. The Morgan fingerprint density at radius 3 is 2.41 bits per heavy atom. The molecule has 0 fully saturated rings. The SMILES string of the molecule is NC(=O)C(=O)N/N=C\c1ccc([N+](=O)[O-])cc1. The van der Waals surface area contributed by atoms with Crippen molar-refractivity contribution in [2.24, 2.45) is 10.8 Å². The lowest BCUT2D eigenvalue weighted by atomic mass is 10.2. The van der Waals surface area contributed by atoms with Crippen LogP contribution in [0.1, 0.15) is 5.56 Å². The van der Waals surface area contributed by atoms with Crippen LogP contribution in [0, 0.1) is 10.1 Å². The monoisotopic (exact) mass is 236 g/mol. The zero-order chi connectivity index (χ0) is 12.8. The van der Waals surface area contributed by atoms with E-state index in [9.17, 15) is 19.7 Å². The van der Waals surface area contributed by atoms with Crippen molar-refractivity contribution in [1.82, 2.24) is 5.43 Å². The zero-order valence-electron chi connectivity index (χ0n) is 8.49. The van der Waals surface area contributed by atoms with E-state index in [1.807, 2.05) is 5.43 Å². The summed E-state index contributed by atoms with van der Waals surface area (Å²) in [6.45, 7) is 0. The maximum absolute atomic E-state index is 10.7. The van der Waals surface area contributed by atoms with Gasteiger partial charge in [0.15, 0.2) is 0 Å². The maximum atomic E-state index is 10.7. The fourth-order valence-electron chi connectivity index (χ4n) is 0.903. The van der Waals surface area contributed by atoms with Crippen molar-refractivity contribution in [2.45, 2.75) is 0 Å². The third-order valence-electron chi connectivity index (χ3n) is 1.71. The van der Waals surface area contributed by atoms with Crippen LogP contribution in [0.25, 0.3) is 0 Å². The number of nitro groups is 1. The predicted molar refractivity (Wildman–Crippen MR) is 58.0 cm³/mol. The number of non-ortho nitro benzene ring substituents is 1. The van der Waals surface area contributed by atoms with Gasteiger partial charge in [-0.25, -0.2) is 5.43 Å². The summed E-state index contributed by atoms with van der Waals surface area (Å²) in [7, 11) is 0. The Kier molecular flexibility index (Phi) is 3.87. The molecule has 0 bridgehead atoms. The van der Waals surface area contributed by atoms with Gasteiger partial charge in [0.2, 0.25) is 0 Å². The smallest absolute Gasteiger partial charge is 0.329 e. The van der Waals surface area contributed by atoms with Crippen molar-refractivity contribution < 1.29 is 14.5 Å². The Bertz CT molecular complexity index is 480. The molecule has 17 heavy (non-hydrogen) atoms. The number of hydrogen-bond donors (Lipinski definition) is 2. The number of amides is 2. The van der Waals surface area contributed by atoms with E-state index in [0.717, 1.165) is 0 Å². The van der Waals surface area contributed by atoms with Gasteiger partial charge in [-0.3, -0.25) is 19.7 Å². The van der Waals surface area contributed by atoms with Gasteiger partial charge in [0.25, 0.3) is 5.69 Å². The topological polar surface area (TPSA) is 128 Å². The molecule has 0 aliphatic carbocycles. The van der Waals surface area contributed by atoms with Crippen LogP contribution in [0.3, 0.4) is 0 Å². The largest absolute Gasteiger partial charge is 0.361 e. The summed E-state index contributed by atoms with van der Waals surface area (Å²) in [5.74, 6) is -2.19. The van der Waals surface area contributed by atoms with Crippen LogP contribution < -0.4 is 11.2 Å². The molecule has 1 aromatic rings. The van der Waals surface area contributed by atoms with E-state index in [2.05, 4.69) is 10.8 Å². The molecule has 0 atom stereocenters. The number of nitrogens with two attached hydrogens (primary N) is 1. The summed E-state index contributed by atoms with van der Waals surface area (Å²) < 4.78 is 0. The van der Waals surface area contributed by atoms with Crippen LogP contribution in [-0.4, -0.2) is 23.0 Å². The van der Waals surface area contributed by atoms with Crippen molar-refractivity contribution in [3.63, 3.8) is 0 Å². The molecule has 2 amide bonds.